The van der Waals surface area contributed by atoms with E-state index in [1.54, 1.807) is 73.5 Å². The molecule has 3 aromatic carbocycles. The lowest BCUT2D eigenvalue weighted by atomic mass is 10.1. The highest BCUT2D eigenvalue weighted by atomic mass is 79.9. The molecule has 8 nitrogen and oxygen atoms in total. The normalized spacial score (nSPS) is 17.0. The molecule has 2 aliphatic rings. The predicted octanol–water partition coefficient (Wildman–Crippen LogP) is 4.53. The molecule has 0 aromatic heterocycles. The van der Waals surface area contributed by atoms with Gasteiger partial charge in [0.2, 0.25) is 5.91 Å². The van der Waals surface area contributed by atoms with Crippen molar-refractivity contribution in [1.29, 1.82) is 0 Å². The average Bonchev–Trinajstić information content (AvgIpc) is 3.37. The molecule has 0 aliphatic carbocycles. The van der Waals surface area contributed by atoms with Gasteiger partial charge < -0.3 is 14.4 Å². The van der Waals surface area contributed by atoms with Gasteiger partial charge in [0.05, 0.1) is 29.8 Å². The van der Waals surface area contributed by atoms with Crippen molar-refractivity contribution in [1.82, 2.24) is 0 Å². The largest absolute Gasteiger partial charge is 0.497 e. The van der Waals surface area contributed by atoms with Crippen molar-refractivity contribution in [2.45, 2.75) is 13.3 Å². The number of hydrogen-bond acceptors (Lipinski definition) is 6. The van der Waals surface area contributed by atoms with E-state index in [2.05, 4.69) is 15.9 Å². The number of hydrogen-bond donors (Lipinski definition) is 0. The molecule has 0 spiro atoms. The van der Waals surface area contributed by atoms with Crippen LogP contribution in [0.25, 0.3) is 0 Å². The van der Waals surface area contributed by atoms with Crippen LogP contribution in [-0.4, -0.2) is 37.3 Å². The summed E-state index contributed by atoms with van der Waals surface area (Å²) in [4.78, 5) is 53.8. The van der Waals surface area contributed by atoms with Gasteiger partial charge in [-0.2, -0.15) is 0 Å². The molecular weight excluding hydrogens is 528 g/mol. The van der Waals surface area contributed by atoms with Crippen LogP contribution in [0, 0.1) is 12.8 Å². The van der Waals surface area contributed by atoms with Crippen LogP contribution in [0.15, 0.2) is 65.1 Å². The number of fused-ring (bicyclic) bond motifs is 1. The fraction of sp³-hybridized carbons (Fsp3) is 0.185. The summed E-state index contributed by atoms with van der Waals surface area (Å²) in [6, 6.07) is 16.7. The highest BCUT2D eigenvalue weighted by Crippen LogP contribution is 2.34. The maximum Gasteiger partial charge on any atom is 0.316 e. The van der Waals surface area contributed by atoms with Crippen molar-refractivity contribution in [2.75, 3.05) is 23.5 Å². The number of nitrogens with zero attached hydrogens (tertiary/aromatic N) is 2. The van der Waals surface area contributed by atoms with E-state index in [-0.39, 0.29) is 24.6 Å². The zero-order chi connectivity index (χ0) is 25.6. The minimum Gasteiger partial charge on any atom is -0.497 e. The van der Waals surface area contributed by atoms with E-state index in [0.29, 0.717) is 38.3 Å². The zero-order valence-electron chi connectivity index (χ0n) is 19.5. The van der Waals surface area contributed by atoms with Crippen LogP contribution in [0.1, 0.15) is 32.7 Å². The Kier molecular flexibility index (Phi) is 6.09. The fourth-order valence-electron chi connectivity index (χ4n) is 4.45. The van der Waals surface area contributed by atoms with Crippen LogP contribution in [-0.2, 0) is 9.59 Å². The molecule has 182 valence electrons. The molecule has 0 unspecified atom stereocenters. The van der Waals surface area contributed by atoms with Crippen LogP contribution in [0.5, 0.6) is 11.5 Å². The number of carbonyl (C=O) groups excluding carboxylic acids is 4. The number of esters is 1. The molecule has 3 aromatic rings. The molecule has 0 bridgehead atoms. The summed E-state index contributed by atoms with van der Waals surface area (Å²) in [7, 11) is 1.56. The summed E-state index contributed by atoms with van der Waals surface area (Å²) in [6.07, 6.45) is 0.0481. The minimum absolute atomic E-state index is 0.0481. The van der Waals surface area contributed by atoms with Gasteiger partial charge in [0.25, 0.3) is 11.8 Å². The first-order chi connectivity index (χ1) is 17.3. The molecule has 5 rings (SSSR count). The van der Waals surface area contributed by atoms with Gasteiger partial charge in [-0.1, -0.05) is 15.9 Å². The quantitative estimate of drug-likeness (QED) is 0.264. The molecule has 9 heteroatoms. The summed E-state index contributed by atoms with van der Waals surface area (Å²) in [5.41, 5.74) is 2.36. The van der Waals surface area contributed by atoms with Crippen LogP contribution >= 0.6 is 15.9 Å². The van der Waals surface area contributed by atoms with E-state index in [1.165, 1.54) is 6.07 Å². The molecule has 2 heterocycles. The molecule has 0 radical (unpaired) electrons. The van der Waals surface area contributed by atoms with E-state index in [0.717, 1.165) is 4.90 Å². The Hall–Kier alpha value is -3.98. The van der Waals surface area contributed by atoms with Crippen molar-refractivity contribution in [2.24, 2.45) is 5.92 Å². The van der Waals surface area contributed by atoms with Crippen LogP contribution in [0.4, 0.5) is 11.4 Å². The molecule has 36 heavy (non-hydrogen) atoms. The van der Waals surface area contributed by atoms with E-state index in [4.69, 9.17) is 9.47 Å². The molecule has 1 saturated heterocycles. The van der Waals surface area contributed by atoms with Crippen molar-refractivity contribution in [3.8, 4) is 11.5 Å². The Balaban J connectivity index is 1.29. The topological polar surface area (TPSA) is 93.2 Å². The highest BCUT2D eigenvalue weighted by molar-refractivity contribution is 9.10. The Morgan fingerprint density at radius 3 is 2.31 bits per heavy atom. The standard InChI is InChI=1S/C27H21BrN2O6/c1-15-11-20(8-10-23(15)30-25(32)21-9-3-17(28)13-22(21)26(30)33)36-27(34)16-12-24(31)29(14-16)18-4-6-19(35-2)7-5-18/h3-11,13,16H,12,14H2,1-2H3/t16-/m0/s1. The van der Waals surface area contributed by atoms with E-state index >= 15 is 0 Å². The van der Waals surface area contributed by atoms with Crippen molar-refractivity contribution in [3.05, 3.63) is 81.8 Å². The van der Waals surface area contributed by atoms with E-state index in [1.807, 2.05) is 0 Å². The molecule has 0 saturated carbocycles. The van der Waals surface area contributed by atoms with E-state index in [9.17, 15) is 19.2 Å². The fourth-order valence-corrected chi connectivity index (χ4v) is 4.81. The van der Waals surface area contributed by atoms with Crippen LogP contribution in [0.3, 0.4) is 0 Å². The molecule has 1 fully saturated rings. The summed E-state index contributed by atoms with van der Waals surface area (Å²) in [5.74, 6) is -1.16. The number of carbonyl (C=O) groups is 4. The highest BCUT2D eigenvalue weighted by Gasteiger charge is 2.38. The number of halogens is 1. The predicted molar refractivity (Wildman–Crippen MR) is 136 cm³/mol. The van der Waals surface area contributed by atoms with Crippen LogP contribution in [0.2, 0.25) is 0 Å². The number of methoxy groups -OCH3 is 1. The lowest BCUT2D eigenvalue weighted by Crippen LogP contribution is -2.30. The molecule has 3 amide bonds. The summed E-state index contributed by atoms with van der Waals surface area (Å²) in [5, 5.41) is 0. The number of benzene rings is 3. The Labute approximate surface area is 215 Å². The molecule has 1 atom stereocenters. The van der Waals surface area contributed by atoms with Gasteiger partial charge in [0.15, 0.2) is 0 Å². The first-order valence-electron chi connectivity index (χ1n) is 11.2. The van der Waals surface area contributed by atoms with Gasteiger partial charge in [-0.05, 0) is 73.2 Å². The summed E-state index contributed by atoms with van der Waals surface area (Å²) in [6.45, 7) is 1.95. The van der Waals surface area contributed by atoms with Crippen molar-refractivity contribution < 1.29 is 28.7 Å². The Morgan fingerprint density at radius 1 is 0.917 bits per heavy atom. The van der Waals surface area contributed by atoms with Crippen LogP contribution < -0.4 is 19.3 Å². The lowest BCUT2D eigenvalue weighted by Gasteiger charge is -2.18. The smallest absolute Gasteiger partial charge is 0.316 e. The average molecular weight is 549 g/mol. The molecule has 2 aliphatic heterocycles. The summed E-state index contributed by atoms with van der Waals surface area (Å²) >= 11 is 3.33. The number of anilines is 2. The monoisotopic (exact) mass is 548 g/mol. The lowest BCUT2D eigenvalue weighted by molar-refractivity contribution is -0.139. The zero-order valence-corrected chi connectivity index (χ0v) is 21.1. The second-order valence-corrected chi connectivity index (χ2v) is 9.52. The maximum absolute atomic E-state index is 12.9. The first-order valence-corrected chi connectivity index (χ1v) is 12.0. The maximum atomic E-state index is 12.9. The van der Waals surface area contributed by atoms with Gasteiger partial charge >= 0.3 is 5.97 Å². The summed E-state index contributed by atoms with van der Waals surface area (Å²) < 4.78 is 11.4. The van der Waals surface area contributed by atoms with Crippen molar-refractivity contribution in [3.63, 3.8) is 0 Å². The third-order valence-electron chi connectivity index (χ3n) is 6.32. The minimum atomic E-state index is -0.616. The van der Waals surface area contributed by atoms with E-state index < -0.39 is 23.7 Å². The Bertz CT molecular complexity index is 1420. The van der Waals surface area contributed by atoms with Gasteiger partial charge in [-0.3, -0.25) is 19.2 Å². The second kappa shape index (κ2) is 9.23. The molecule has 0 N–H and O–H groups in total. The SMILES string of the molecule is COc1ccc(N2C[C@@H](C(=O)Oc3ccc(N4C(=O)c5ccc(Br)cc5C4=O)c(C)c3)CC2=O)cc1. The number of amides is 3. The second-order valence-electron chi connectivity index (χ2n) is 8.61. The molecular formula is C27H21BrN2O6. The number of rotatable bonds is 5. The first kappa shape index (κ1) is 23.7. The number of aryl methyl sites for hydroxylation is 1. The van der Waals surface area contributed by atoms with Gasteiger partial charge in [-0.25, -0.2) is 4.90 Å². The third-order valence-corrected chi connectivity index (χ3v) is 6.81. The van der Waals surface area contributed by atoms with Gasteiger partial charge in [-0.15, -0.1) is 0 Å². The third kappa shape index (κ3) is 4.15. The van der Waals surface area contributed by atoms with Crippen molar-refractivity contribution >= 4 is 51.0 Å². The number of ether oxygens (including phenoxy) is 2. The van der Waals surface area contributed by atoms with Gasteiger partial charge in [0, 0.05) is 23.1 Å². The van der Waals surface area contributed by atoms with Gasteiger partial charge in [0.1, 0.15) is 11.5 Å². The Morgan fingerprint density at radius 2 is 1.61 bits per heavy atom. The number of imide groups is 1.